The summed E-state index contributed by atoms with van der Waals surface area (Å²) in [6.07, 6.45) is 26.2. The van der Waals surface area contributed by atoms with E-state index in [-0.39, 0.29) is 0 Å². The zero-order valence-corrected chi connectivity index (χ0v) is 20.0. The number of halogens is 1. The van der Waals surface area contributed by atoms with Crippen LogP contribution in [0.1, 0.15) is 117 Å². The molecule has 0 saturated heterocycles. The van der Waals surface area contributed by atoms with Crippen LogP contribution < -0.4 is 0 Å². The van der Waals surface area contributed by atoms with Crippen molar-refractivity contribution in [2.24, 2.45) is 0 Å². The summed E-state index contributed by atoms with van der Waals surface area (Å²) >= 11 is 4.06. The first kappa shape index (κ1) is 24.9. The van der Waals surface area contributed by atoms with Gasteiger partial charge in [0, 0.05) is 0 Å². The monoisotopic (exact) mass is 422 g/mol. The van der Waals surface area contributed by atoms with Gasteiger partial charge >= 0.3 is 124 Å². The van der Waals surface area contributed by atoms with Crippen LogP contribution in [0.5, 0.6) is 0 Å². The Hall–Kier alpha value is 0.910. The molecule has 0 aliphatic carbocycles. The molecule has 0 bridgehead atoms. The predicted octanol–water partition coefficient (Wildman–Crippen LogP) is 9.39. The molecule has 2 heteroatoms. The molecule has 0 radical (unpaired) electrons. The normalized spacial score (nSPS) is 13.8. The summed E-state index contributed by atoms with van der Waals surface area (Å²) in [5.74, 6) is 0. The fourth-order valence-corrected chi connectivity index (χ4v) is 5.57. The van der Waals surface area contributed by atoms with Crippen LogP contribution >= 0.6 is 20.8 Å². The van der Waals surface area contributed by atoms with Gasteiger partial charge in [0.1, 0.15) is 0 Å². The standard InChI is InChI=1S/C22H48BrP/c1-5-7-8-9-10-11-12-13-14-15-16-17-18-19-20-21-22-24(3,4,23)6-2/h5-22H2,1-4H3. The molecule has 0 saturated carbocycles. The second kappa shape index (κ2) is 15.0. The van der Waals surface area contributed by atoms with E-state index in [0.717, 1.165) is 0 Å². The van der Waals surface area contributed by atoms with E-state index < -0.39 is 5.31 Å². The summed E-state index contributed by atoms with van der Waals surface area (Å²) in [6.45, 7) is 9.61. The quantitative estimate of drug-likeness (QED) is 0.152. The molecular formula is C22H48BrP. The molecule has 0 aliphatic rings. The molecule has 0 N–H and O–H groups in total. The Bertz CT molecular complexity index is 267. The predicted molar refractivity (Wildman–Crippen MR) is 123 cm³/mol. The second-order valence-electron chi connectivity index (χ2n) is 8.86. The summed E-state index contributed by atoms with van der Waals surface area (Å²) in [5, 5.41) is -1.43. The fraction of sp³-hybridized carbons (Fsp3) is 1.00. The number of hydrogen-bond donors (Lipinski definition) is 0. The number of hydrogen-bond acceptors (Lipinski definition) is 0. The van der Waals surface area contributed by atoms with Gasteiger partial charge in [-0.05, 0) is 0 Å². The summed E-state index contributed by atoms with van der Waals surface area (Å²) < 4.78 is 0. The van der Waals surface area contributed by atoms with Crippen LogP contribution in [-0.2, 0) is 0 Å². The third-order valence-electron chi connectivity index (χ3n) is 5.68. The van der Waals surface area contributed by atoms with Crippen LogP contribution in [0.15, 0.2) is 0 Å². The van der Waals surface area contributed by atoms with Crippen molar-refractivity contribution in [1.29, 1.82) is 0 Å². The molecule has 0 aliphatic heterocycles. The van der Waals surface area contributed by atoms with Crippen molar-refractivity contribution in [1.82, 2.24) is 0 Å². The first-order valence-electron chi connectivity index (χ1n) is 11.1. The molecule has 24 heavy (non-hydrogen) atoms. The van der Waals surface area contributed by atoms with Gasteiger partial charge in [0.15, 0.2) is 0 Å². The van der Waals surface area contributed by atoms with Gasteiger partial charge < -0.3 is 0 Å². The van der Waals surface area contributed by atoms with Crippen LogP contribution in [0.3, 0.4) is 0 Å². The van der Waals surface area contributed by atoms with Crippen LogP contribution in [0, 0.1) is 0 Å². The minimum atomic E-state index is -1.43. The van der Waals surface area contributed by atoms with Gasteiger partial charge in [0.05, 0.1) is 0 Å². The topological polar surface area (TPSA) is 0 Å². The Balaban J connectivity index is 3.16. The fourth-order valence-electron chi connectivity index (χ4n) is 3.31. The van der Waals surface area contributed by atoms with Gasteiger partial charge in [0.25, 0.3) is 0 Å². The van der Waals surface area contributed by atoms with Crippen LogP contribution in [0.2, 0.25) is 0 Å². The molecule has 0 fully saturated rings. The zero-order chi connectivity index (χ0) is 18.2. The van der Waals surface area contributed by atoms with Crippen molar-refractivity contribution in [3.05, 3.63) is 0 Å². The molecule has 0 nitrogen and oxygen atoms in total. The summed E-state index contributed by atoms with van der Waals surface area (Å²) in [7, 11) is 0. The van der Waals surface area contributed by atoms with Crippen LogP contribution in [0.25, 0.3) is 0 Å². The van der Waals surface area contributed by atoms with E-state index >= 15 is 0 Å². The minimum absolute atomic E-state index is 1.34. The Morgan fingerprint density at radius 3 is 1.08 bits per heavy atom. The van der Waals surface area contributed by atoms with Crippen LogP contribution in [0.4, 0.5) is 0 Å². The van der Waals surface area contributed by atoms with Crippen molar-refractivity contribution in [2.75, 3.05) is 25.7 Å². The molecule has 148 valence electrons. The Labute approximate surface area is 163 Å². The van der Waals surface area contributed by atoms with E-state index in [2.05, 4.69) is 42.7 Å². The molecule has 0 spiro atoms. The van der Waals surface area contributed by atoms with Gasteiger partial charge in [-0.3, -0.25) is 0 Å². The molecule has 0 heterocycles. The van der Waals surface area contributed by atoms with Crippen molar-refractivity contribution >= 4 is 20.8 Å². The summed E-state index contributed by atoms with van der Waals surface area (Å²) in [5.41, 5.74) is 0. The van der Waals surface area contributed by atoms with Crippen molar-refractivity contribution in [2.45, 2.75) is 117 Å². The molecule has 0 aromatic carbocycles. The average molecular weight is 424 g/mol. The first-order valence-corrected chi connectivity index (χ1v) is 16.6. The van der Waals surface area contributed by atoms with E-state index in [1.54, 1.807) is 0 Å². The van der Waals surface area contributed by atoms with Crippen molar-refractivity contribution < 1.29 is 0 Å². The first-order chi connectivity index (χ1) is 11.4. The van der Waals surface area contributed by atoms with E-state index in [1.165, 1.54) is 115 Å². The van der Waals surface area contributed by atoms with Gasteiger partial charge in [-0.2, -0.15) is 0 Å². The van der Waals surface area contributed by atoms with Gasteiger partial charge in [-0.25, -0.2) is 0 Å². The Morgan fingerprint density at radius 2 is 0.792 bits per heavy atom. The number of unbranched alkanes of at least 4 members (excludes halogenated alkanes) is 15. The van der Waals surface area contributed by atoms with Crippen LogP contribution in [-0.4, -0.2) is 25.7 Å². The third-order valence-corrected chi connectivity index (χ3v) is 11.9. The molecule has 0 aromatic rings. The van der Waals surface area contributed by atoms with Gasteiger partial charge in [0.2, 0.25) is 0 Å². The van der Waals surface area contributed by atoms with Crippen molar-refractivity contribution in [3.8, 4) is 0 Å². The van der Waals surface area contributed by atoms with Crippen molar-refractivity contribution in [3.63, 3.8) is 0 Å². The zero-order valence-electron chi connectivity index (χ0n) is 17.6. The molecule has 0 atom stereocenters. The molecule has 0 amide bonds. The number of rotatable bonds is 18. The van der Waals surface area contributed by atoms with Gasteiger partial charge in [-0.1, -0.05) is 39.0 Å². The molecule has 0 rings (SSSR count). The average Bonchev–Trinajstić information content (AvgIpc) is 2.54. The second-order valence-corrected chi connectivity index (χ2v) is 22.2. The molecule has 0 unspecified atom stereocenters. The van der Waals surface area contributed by atoms with E-state index in [0.29, 0.717) is 0 Å². The molecule has 0 aromatic heterocycles. The maximum absolute atomic E-state index is 4.06. The SMILES string of the molecule is CCCCCCCCCCCCCCCCCCP(C)(C)(Br)CC. The summed E-state index contributed by atoms with van der Waals surface area (Å²) in [4.78, 5) is 0. The van der Waals surface area contributed by atoms with E-state index in [9.17, 15) is 0 Å². The summed E-state index contributed by atoms with van der Waals surface area (Å²) in [6, 6.07) is 0. The maximum atomic E-state index is 4.06. The Kier molecular flexibility index (Phi) is 15.6. The van der Waals surface area contributed by atoms with E-state index in [1.807, 2.05) is 0 Å². The third kappa shape index (κ3) is 17.7. The van der Waals surface area contributed by atoms with Gasteiger partial charge in [-0.15, -0.1) is 0 Å². The molecular weight excluding hydrogens is 375 g/mol. The Morgan fingerprint density at radius 1 is 0.500 bits per heavy atom. The van der Waals surface area contributed by atoms with E-state index in [4.69, 9.17) is 0 Å².